The lowest BCUT2D eigenvalue weighted by Crippen LogP contribution is -2.25. The highest BCUT2D eigenvalue weighted by molar-refractivity contribution is 7.09. The molecule has 0 saturated heterocycles. The molecule has 0 saturated carbocycles. The summed E-state index contributed by atoms with van der Waals surface area (Å²) in [5, 5.41) is 31.9. The summed E-state index contributed by atoms with van der Waals surface area (Å²) in [6.45, 7) is 0.285. The van der Waals surface area contributed by atoms with Crippen LogP contribution in [-0.2, 0) is 6.42 Å². The molecular formula is C13H12N2O5S. The zero-order chi connectivity index (χ0) is 15.4. The van der Waals surface area contributed by atoms with Crippen molar-refractivity contribution in [1.82, 2.24) is 10.3 Å². The number of carboxylic acids is 1. The van der Waals surface area contributed by atoms with Gasteiger partial charge in [-0.1, -0.05) is 0 Å². The molecule has 0 aliphatic rings. The van der Waals surface area contributed by atoms with Gasteiger partial charge in [0.1, 0.15) is 0 Å². The van der Waals surface area contributed by atoms with Gasteiger partial charge in [-0.15, -0.1) is 11.3 Å². The van der Waals surface area contributed by atoms with E-state index in [4.69, 9.17) is 10.2 Å². The number of hydrogen-bond donors (Lipinski definition) is 4. The third-order valence-corrected chi connectivity index (χ3v) is 3.54. The van der Waals surface area contributed by atoms with Crippen molar-refractivity contribution in [3.05, 3.63) is 39.8 Å². The molecule has 1 amide bonds. The van der Waals surface area contributed by atoms with Crippen LogP contribution in [0.4, 0.5) is 0 Å². The highest BCUT2D eigenvalue weighted by atomic mass is 32.1. The molecule has 1 heterocycles. The summed E-state index contributed by atoms with van der Waals surface area (Å²) >= 11 is 1.21. The second-order valence-corrected chi connectivity index (χ2v) is 5.08. The molecule has 0 atom stereocenters. The normalized spacial score (nSPS) is 10.3. The largest absolute Gasteiger partial charge is 0.504 e. The maximum Gasteiger partial charge on any atom is 0.355 e. The lowest BCUT2D eigenvalue weighted by Gasteiger charge is -2.05. The first kappa shape index (κ1) is 14.8. The van der Waals surface area contributed by atoms with E-state index in [9.17, 15) is 14.7 Å². The predicted molar refractivity (Wildman–Crippen MR) is 74.9 cm³/mol. The molecule has 21 heavy (non-hydrogen) atoms. The number of carbonyl (C=O) groups excluding carboxylic acids is 1. The molecule has 0 radical (unpaired) electrons. The van der Waals surface area contributed by atoms with Crippen LogP contribution in [0.2, 0.25) is 0 Å². The van der Waals surface area contributed by atoms with Crippen LogP contribution in [0, 0.1) is 0 Å². The first-order valence-electron chi connectivity index (χ1n) is 5.95. The summed E-state index contributed by atoms with van der Waals surface area (Å²) in [7, 11) is 0. The number of thiazole rings is 1. The summed E-state index contributed by atoms with van der Waals surface area (Å²) in [5.74, 6) is -2.15. The Morgan fingerprint density at radius 3 is 2.62 bits per heavy atom. The van der Waals surface area contributed by atoms with Crippen LogP contribution in [-0.4, -0.2) is 38.7 Å². The van der Waals surface area contributed by atoms with E-state index in [0.29, 0.717) is 11.4 Å². The summed E-state index contributed by atoms with van der Waals surface area (Å²) in [6.07, 6.45) is 0.410. The summed E-state index contributed by atoms with van der Waals surface area (Å²) in [4.78, 5) is 26.4. The quantitative estimate of drug-likeness (QED) is 0.617. The lowest BCUT2D eigenvalue weighted by atomic mass is 10.2. The summed E-state index contributed by atoms with van der Waals surface area (Å²) in [6, 6.07) is 3.77. The van der Waals surface area contributed by atoms with Gasteiger partial charge in [-0.05, 0) is 18.2 Å². The number of amides is 1. The van der Waals surface area contributed by atoms with Gasteiger partial charge in [0.2, 0.25) is 0 Å². The van der Waals surface area contributed by atoms with Gasteiger partial charge in [-0.2, -0.15) is 0 Å². The van der Waals surface area contributed by atoms with Crippen LogP contribution < -0.4 is 5.32 Å². The fourth-order valence-corrected chi connectivity index (χ4v) is 2.35. The summed E-state index contributed by atoms with van der Waals surface area (Å²) < 4.78 is 0. The maximum absolute atomic E-state index is 11.8. The average Bonchev–Trinajstić information content (AvgIpc) is 2.91. The van der Waals surface area contributed by atoms with Crippen LogP contribution in [0.25, 0.3) is 0 Å². The van der Waals surface area contributed by atoms with Crippen molar-refractivity contribution in [3.63, 3.8) is 0 Å². The molecule has 0 spiro atoms. The minimum absolute atomic E-state index is 0.00946. The molecule has 7 nitrogen and oxygen atoms in total. The fourth-order valence-electron chi connectivity index (χ4n) is 1.57. The number of hydrogen-bond acceptors (Lipinski definition) is 6. The second kappa shape index (κ2) is 6.23. The van der Waals surface area contributed by atoms with Crippen LogP contribution in [0.1, 0.15) is 25.9 Å². The Balaban J connectivity index is 1.88. The minimum atomic E-state index is -1.08. The van der Waals surface area contributed by atoms with Gasteiger partial charge in [-0.25, -0.2) is 9.78 Å². The fraction of sp³-hybridized carbons (Fsp3) is 0.154. The number of aromatic carboxylic acids is 1. The van der Waals surface area contributed by atoms with Crippen molar-refractivity contribution < 1.29 is 24.9 Å². The van der Waals surface area contributed by atoms with E-state index in [-0.39, 0.29) is 29.3 Å². The smallest absolute Gasteiger partial charge is 0.355 e. The van der Waals surface area contributed by atoms with Crippen LogP contribution in [0.3, 0.4) is 0 Å². The van der Waals surface area contributed by atoms with Crippen molar-refractivity contribution in [2.24, 2.45) is 0 Å². The van der Waals surface area contributed by atoms with Crippen molar-refractivity contribution in [1.29, 1.82) is 0 Å². The number of nitrogens with zero attached hydrogens (tertiary/aromatic N) is 1. The van der Waals surface area contributed by atoms with Gasteiger partial charge in [0.15, 0.2) is 17.2 Å². The van der Waals surface area contributed by atoms with E-state index in [1.54, 1.807) is 0 Å². The first-order valence-corrected chi connectivity index (χ1v) is 6.83. The number of aromatic nitrogens is 1. The van der Waals surface area contributed by atoms with Gasteiger partial charge in [-0.3, -0.25) is 4.79 Å². The van der Waals surface area contributed by atoms with Crippen molar-refractivity contribution in [2.45, 2.75) is 6.42 Å². The molecule has 1 aromatic carbocycles. The average molecular weight is 308 g/mol. The topological polar surface area (TPSA) is 120 Å². The van der Waals surface area contributed by atoms with Crippen molar-refractivity contribution >= 4 is 23.2 Å². The van der Waals surface area contributed by atoms with E-state index in [1.807, 2.05) is 0 Å². The highest BCUT2D eigenvalue weighted by Crippen LogP contribution is 2.24. The third-order valence-electron chi connectivity index (χ3n) is 2.63. The minimum Gasteiger partial charge on any atom is -0.504 e. The van der Waals surface area contributed by atoms with Crippen LogP contribution in [0.5, 0.6) is 11.5 Å². The molecule has 0 unspecified atom stereocenters. The first-order chi connectivity index (χ1) is 9.97. The van der Waals surface area contributed by atoms with E-state index in [0.717, 1.165) is 6.07 Å². The molecule has 8 heteroatoms. The van der Waals surface area contributed by atoms with E-state index in [1.165, 1.54) is 28.8 Å². The predicted octanol–water partition coefficient (Wildman–Crippen LogP) is 1.23. The van der Waals surface area contributed by atoms with Crippen molar-refractivity contribution in [3.8, 4) is 11.5 Å². The Hall–Kier alpha value is -2.61. The number of aromatic hydroxyl groups is 2. The van der Waals surface area contributed by atoms with Crippen LogP contribution >= 0.6 is 11.3 Å². The molecule has 2 rings (SSSR count). The molecule has 4 N–H and O–H groups in total. The number of phenols is 2. The highest BCUT2D eigenvalue weighted by Gasteiger charge is 2.10. The molecule has 0 fully saturated rings. The zero-order valence-electron chi connectivity index (χ0n) is 10.7. The Kier molecular flexibility index (Phi) is 4.39. The maximum atomic E-state index is 11.8. The number of nitrogens with one attached hydrogen (secondary N) is 1. The Morgan fingerprint density at radius 1 is 1.24 bits per heavy atom. The van der Waals surface area contributed by atoms with Gasteiger partial charge < -0.3 is 20.6 Å². The third kappa shape index (κ3) is 3.69. The monoisotopic (exact) mass is 308 g/mol. The van der Waals surface area contributed by atoms with Gasteiger partial charge in [0, 0.05) is 23.9 Å². The molecule has 2 aromatic rings. The van der Waals surface area contributed by atoms with Gasteiger partial charge >= 0.3 is 5.97 Å². The van der Waals surface area contributed by atoms with Crippen molar-refractivity contribution in [2.75, 3.05) is 6.54 Å². The zero-order valence-corrected chi connectivity index (χ0v) is 11.6. The van der Waals surface area contributed by atoms with E-state index < -0.39 is 11.9 Å². The molecular weight excluding hydrogens is 296 g/mol. The molecule has 1 aromatic heterocycles. The molecule has 110 valence electrons. The van der Waals surface area contributed by atoms with E-state index >= 15 is 0 Å². The number of rotatable bonds is 5. The number of phenolic OH excluding ortho intramolecular Hbond substituents is 2. The molecule has 0 aliphatic heterocycles. The molecule has 0 aliphatic carbocycles. The van der Waals surface area contributed by atoms with Crippen LogP contribution in [0.15, 0.2) is 23.6 Å². The Morgan fingerprint density at radius 2 is 2.00 bits per heavy atom. The number of benzene rings is 1. The lowest BCUT2D eigenvalue weighted by molar-refractivity contribution is 0.0690. The summed E-state index contributed by atoms with van der Waals surface area (Å²) in [5.41, 5.74) is 0.209. The number of carboxylic acid groups (broad SMARTS) is 1. The SMILES string of the molecule is O=C(NCCc1nc(C(=O)O)cs1)c1ccc(O)c(O)c1. The van der Waals surface area contributed by atoms with E-state index in [2.05, 4.69) is 10.3 Å². The Bertz CT molecular complexity index is 683. The molecule has 0 bridgehead atoms. The van der Waals surface area contributed by atoms with Gasteiger partial charge in [0.25, 0.3) is 5.91 Å². The number of carbonyl (C=O) groups is 2. The second-order valence-electron chi connectivity index (χ2n) is 4.14. The standard InChI is InChI=1S/C13H12N2O5S/c16-9-2-1-7(5-10(9)17)12(18)14-4-3-11-15-8(6-21-11)13(19)20/h1-2,5-6,16-17H,3-4H2,(H,14,18)(H,19,20). The Labute approximate surface area is 123 Å². The van der Waals surface area contributed by atoms with Gasteiger partial charge in [0.05, 0.1) is 5.01 Å².